The number of fused-ring (bicyclic) bond motifs is 2. The Morgan fingerprint density at radius 1 is 0.619 bits per heavy atom. The number of hydrogen-bond acceptors (Lipinski definition) is 4. The van der Waals surface area contributed by atoms with E-state index >= 15 is 0 Å². The molecule has 1 N–H and O–H groups in total. The van der Waals surface area contributed by atoms with Crippen LogP contribution in [-0.2, 0) is 5.41 Å². The van der Waals surface area contributed by atoms with Gasteiger partial charge in [0.15, 0.2) is 5.65 Å². The SMILES string of the molecule is CC(C)(C)c1ccc(-n2c(-c3cccc(-c4cccc5cccnc45)c3)nc3c(-c4ccccc4O)ccnc32)cc1. The Bertz CT molecular complexity index is 2080. The third kappa shape index (κ3) is 4.40. The normalized spacial score (nSPS) is 11.8. The van der Waals surface area contributed by atoms with Gasteiger partial charge in [-0.3, -0.25) is 9.55 Å². The Balaban J connectivity index is 1.48. The standard InChI is InChI=1S/C37H30N4O/c1-37(2,3)27-16-18-28(19-17-27)41-35(40-34-31(20-22-39-36(34)41)30-13-4-5-15-32(30)42)26-11-6-10-25(23-26)29-14-7-9-24-12-8-21-38-33(24)29/h4-23,42H,1-3H3. The van der Waals surface area contributed by atoms with Gasteiger partial charge in [0.25, 0.3) is 0 Å². The van der Waals surface area contributed by atoms with Crippen molar-refractivity contribution in [2.45, 2.75) is 26.2 Å². The molecule has 0 aliphatic rings. The van der Waals surface area contributed by atoms with Crippen LogP contribution in [0.2, 0.25) is 0 Å². The lowest BCUT2D eigenvalue weighted by Crippen LogP contribution is -2.11. The number of hydrogen-bond donors (Lipinski definition) is 1. The third-order valence-corrected chi connectivity index (χ3v) is 7.80. The number of para-hydroxylation sites is 2. The van der Waals surface area contributed by atoms with E-state index in [1.165, 1.54) is 5.56 Å². The van der Waals surface area contributed by atoms with Gasteiger partial charge in [0.05, 0.1) is 5.52 Å². The molecule has 4 aromatic carbocycles. The highest BCUT2D eigenvalue weighted by atomic mass is 16.3. The zero-order valence-corrected chi connectivity index (χ0v) is 23.8. The molecule has 5 heteroatoms. The smallest absolute Gasteiger partial charge is 0.165 e. The molecular formula is C37H30N4O. The Morgan fingerprint density at radius 3 is 2.17 bits per heavy atom. The van der Waals surface area contributed by atoms with Gasteiger partial charge in [-0.1, -0.05) is 93.6 Å². The maximum atomic E-state index is 10.7. The van der Waals surface area contributed by atoms with Crippen molar-refractivity contribution in [2.24, 2.45) is 0 Å². The van der Waals surface area contributed by atoms with Crippen LogP contribution in [0.1, 0.15) is 26.3 Å². The molecule has 0 saturated carbocycles. The first-order chi connectivity index (χ1) is 20.4. The lowest BCUT2D eigenvalue weighted by Gasteiger charge is -2.19. The van der Waals surface area contributed by atoms with Crippen molar-refractivity contribution in [3.8, 4) is 45.1 Å². The van der Waals surface area contributed by atoms with Gasteiger partial charge >= 0.3 is 0 Å². The van der Waals surface area contributed by atoms with Crippen molar-refractivity contribution >= 4 is 22.1 Å². The number of imidazole rings is 1. The summed E-state index contributed by atoms with van der Waals surface area (Å²) in [6.07, 6.45) is 3.62. The van der Waals surface area contributed by atoms with Gasteiger partial charge in [0.2, 0.25) is 0 Å². The first kappa shape index (κ1) is 25.7. The number of aromatic nitrogens is 4. The van der Waals surface area contributed by atoms with Crippen LogP contribution >= 0.6 is 0 Å². The van der Waals surface area contributed by atoms with Crippen molar-refractivity contribution in [3.05, 3.63) is 127 Å². The molecule has 7 rings (SSSR count). The average Bonchev–Trinajstić information content (AvgIpc) is 3.41. The van der Waals surface area contributed by atoms with Crippen molar-refractivity contribution in [2.75, 3.05) is 0 Å². The van der Waals surface area contributed by atoms with E-state index in [-0.39, 0.29) is 11.2 Å². The molecule has 5 nitrogen and oxygen atoms in total. The summed E-state index contributed by atoms with van der Waals surface area (Å²) in [5.41, 5.74) is 9.33. The summed E-state index contributed by atoms with van der Waals surface area (Å²) in [7, 11) is 0. The number of rotatable bonds is 4. The molecule has 0 fully saturated rings. The van der Waals surface area contributed by atoms with Crippen LogP contribution in [0.5, 0.6) is 5.75 Å². The number of phenols is 1. The van der Waals surface area contributed by atoms with E-state index in [1.54, 1.807) is 12.3 Å². The molecule has 3 heterocycles. The monoisotopic (exact) mass is 546 g/mol. The second kappa shape index (κ2) is 9.96. The Morgan fingerprint density at radius 2 is 1.36 bits per heavy atom. The van der Waals surface area contributed by atoms with E-state index in [9.17, 15) is 5.11 Å². The summed E-state index contributed by atoms with van der Waals surface area (Å²) in [6, 6.07) is 36.7. The van der Waals surface area contributed by atoms with Crippen molar-refractivity contribution in [1.82, 2.24) is 19.5 Å². The van der Waals surface area contributed by atoms with Crippen LogP contribution in [0.25, 0.3) is 61.4 Å². The number of aromatic hydroxyl groups is 1. The number of benzene rings is 4. The number of nitrogens with zero attached hydrogens (tertiary/aromatic N) is 4. The second-order valence-electron chi connectivity index (χ2n) is 11.6. The van der Waals surface area contributed by atoms with Crippen LogP contribution in [0.15, 0.2) is 122 Å². The molecule has 0 spiro atoms. The van der Waals surface area contributed by atoms with E-state index in [0.717, 1.165) is 61.4 Å². The zero-order chi connectivity index (χ0) is 28.8. The summed E-state index contributed by atoms with van der Waals surface area (Å²) in [4.78, 5) is 14.7. The van der Waals surface area contributed by atoms with Crippen LogP contribution in [-0.4, -0.2) is 24.6 Å². The summed E-state index contributed by atoms with van der Waals surface area (Å²) in [6.45, 7) is 6.65. The summed E-state index contributed by atoms with van der Waals surface area (Å²) < 4.78 is 2.12. The average molecular weight is 547 g/mol. The van der Waals surface area contributed by atoms with E-state index in [4.69, 9.17) is 9.97 Å². The maximum absolute atomic E-state index is 10.7. The molecule has 0 saturated heterocycles. The van der Waals surface area contributed by atoms with Crippen LogP contribution < -0.4 is 0 Å². The Labute approximate surface area is 244 Å². The second-order valence-corrected chi connectivity index (χ2v) is 11.6. The molecule has 0 aliphatic carbocycles. The quantitative estimate of drug-likeness (QED) is 0.239. The van der Waals surface area contributed by atoms with Crippen LogP contribution in [0.3, 0.4) is 0 Å². The van der Waals surface area contributed by atoms with Crippen molar-refractivity contribution in [1.29, 1.82) is 0 Å². The van der Waals surface area contributed by atoms with Gasteiger partial charge in [0.1, 0.15) is 17.1 Å². The topological polar surface area (TPSA) is 63.8 Å². The van der Waals surface area contributed by atoms with E-state index < -0.39 is 0 Å². The minimum Gasteiger partial charge on any atom is -0.507 e. The third-order valence-electron chi connectivity index (χ3n) is 7.80. The summed E-state index contributed by atoms with van der Waals surface area (Å²) in [5.74, 6) is 0.986. The molecular weight excluding hydrogens is 516 g/mol. The van der Waals surface area contributed by atoms with Crippen LogP contribution in [0.4, 0.5) is 0 Å². The van der Waals surface area contributed by atoms with Gasteiger partial charge < -0.3 is 5.11 Å². The largest absolute Gasteiger partial charge is 0.507 e. The van der Waals surface area contributed by atoms with Gasteiger partial charge in [-0.15, -0.1) is 0 Å². The van der Waals surface area contributed by atoms with E-state index in [0.29, 0.717) is 0 Å². The van der Waals surface area contributed by atoms with Crippen molar-refractivity contribution in [3.63, 3.8) is 0 Å². The predicted octanol–water partition coefficient (Wildman–Crippen LogP) is 8.97. The fraction of sp³-hybridized carbons (Fsp3) is 0.108. The molecule has 0 unspecified atom stereocenters. The molecule has 0 aliphatic heterocycles. The fourth-order valence-electron chi connectivity index (χ4n) is 5.60. The predicted molar refractivity (Wildman–Crippen MR) is 171 cm³/mol. The van der Waals surface area contributed by atoms with E-state index in [2.05, 4.69) is 103 Å². The zero-order valence-electron chi connectivity index (χ0n) is 23.8. The van der Waals surface area contributed by atoms with Crippen molar-refractivity contribution < 1.29 is 5.11 Å². The number of phenolic OH excluding ortho intramolecular Hbond substituents is 1. The lowest BCUT2D eigenvalue weighted by atomic mass is 9.87. The molecule has 7 aromatic rings. The minimum atomic E-state index is 0.0371. The minimum absolute atomic E-state index is 0.0371. The highest BCUT2D eigenvalue weighted by Crippen LogP contribution is 2.38. The molecule has 0 amide bonds. The first-order valence-electron chi connectivity index (χ1n) is 14.1. The first-order valence-corrected chi connectivity index (χ1v) is 14.1. The molecule has 204 valence electrons. The highest BCUT2D eigenvalue weighted by molar-refractivity contribution is 5.96. The van der Waals surface area contributed by atoms with Gasteiger partial charge in [-0.05, 0) is 52.9 Å². The van der Waals surface area contributed by atoms with Gasteiger partial charge in [-0.25, -0.2) is 9.97 Å². The number of pyridine rings is 2. The lowest BCUT2D eigenvalue weighted by molar-refractivity contribution is 0.477. The Kier molecular flexibility index (Phi) is 6.09. The molecule has 3 aromatic heterocycles. The molecule has 0 radical (unpaired) electrons. The molecule has 0 bridgehead atoms. The summed E-state index contributed by atoms with van der Waals surface area (Å²) in [5, 5.41) is 11.8. The van der Waals surface area contributed by atoms with Gasteiger partial charge in [0, 0.05) is 45.7 Å². The maximum Gasteiger partial charge on any atom is 0.165 e. The Hall–Kier alpha value is -5.29. The molecule has 0 atom stereocenters. The van der Waals surface area contributed by atoms with Crippen LogP contribution in [0, 0.1) is 0 Å². The van der Waals surface area contributed by atoms with Gasteiger partial charge in [-0.2, -0.15) is 0 Å². The van der Waals surface area contributed by atoms with E-state index in [1.807, 2.05) is 36.5 Å². The highest BCUT2D eigenvalue weighted by Gasteiger charge is 2.21. The summed E-state index contributed by atoms with van der Waals surface area (Å²) >= 11 is 0. The fourth-order valence-corrected chi connectivity index (χ4v) is 5.60. The molecule has 42 heavy (non-hydrogen) atoms.